The summed E-state index contributed by atoms with van der Waals surface area (Å²) in [4.78, 5) is 24.2. The summed E-state index contributed by atoms with van der Waals surface area (Å²) >= 11 is 0. The largest absolute Gasteiger partial charge is 0.461 e. The lowest BCUT2D eigenvalue weighted by Crippen LogP contribution is -2.36. The van der Waals surface area contributed by atoms with E-state index in [9.17, 15) is 19.8 Å². The first-order valence-electron chi connectivity index (χ1n) is 8.12. The molecule has 0 saturated carbocycles. The number of Topliss-reactive ketones (excluding diaryl/α,β-unsaturated/α-hetero) is 1. The molecule has 5 nitrogen and oxygen atoms in total. The van der Waals surface area contributed by atoms with Crippen molar-refractivity contribution in [1.29, 1.82) is 0 Å². The average Bonchev–Trinajstić information content (AvgIpc) is 2.69. The van der Waals surface area contributed by atoms with Crippen LogP contribution in [0.2, 0.25) is 0 Å². The van der Waals surface area contributed by atoms with Gasteiger partial charge in [-0.3, -0.25) is 4.79 Å². The van der Waals surface area contributed by atoms with Crippen LogP contribution in [0.15, 0.2) is 60.7 Å². The van der Waals surface area contributed by atoms with E-state index in [1.165, 1.54) is 0 Å². The number of esters is 1. The zero-order chi connectivity index (χ0) is 18.1. The van der Waals surface area contributed by atoms with Crippen molar-refractivity contribution in [2.45, 2.75) is 12.8 Å². The summed E-state index contributed by atoms with van der Waals surface area (Å²) in [5.74, 6) is -0.609. The van der Waals surface area contributed by atoms with Crippen LogP contribution in [0.25, 0.3) is 0 Å². The maximum Gasteiger partial charge on any atom is 0.338 e. The fourth-order valence-corrected chi connectivity index (χ4v) is 2.39. The Kier molecular flexibility index (Phi) is 6.86. The number of benzene rings is 2. The van der Waals surface area contributed by atoms with Gasteiger partial charge in [0.05, 0.1) is 24.2 Å². The molecule has 25 heavy (non-hydrogen) atoms. The van der Waals surface area contributed by atoms with E-state index in [2.05, 4.69) is 0 Å². The summed E-state index contributed by atoms with van der Waals surface area (Å²) in [6, 6.07) is 17.3. The normalized spacial score (nSPS) is 11.1. The molecule has 0 spiro atoms. The Morgan fingerprint density at radius 3 is 1.88 bits per heavy atom. The lowest BCUT2D eigenvalue weighted by Gasteiger charge is -2.29. The SMILES string of the molecule is O=C(CCC(CO)(CO)COC(=O)c1ccccc1)c1ccccc1. The van der Waals surface area contributed by atoms with Crippen LogP contribution in [0.1, 0.15) is 33.6 Å². The number of hydrogen-bond acceptors (Lipinski definition) is 5. The van der Waals surface area contributed by atoms with Gasteiger partial charge in [-0.1, -0.05) is 48.5 Å². The van der Waals surface area contributed by atoms with Gasteiger partial charge in [0.15, 0.2) is 5.78 Å². The molecule has 0 unspecified atom stereocenters. The fraction of sp³-hybridized carbons (Fsp3) is 0.300. The maximum atomic E-state index is 12.2. The van der Waals surface area contributed by atoms with E-state index in [1.807, 2.05) is 6.07 Å². The minimum absolute atomic E-state index is 0.0822. The summed E-state index contributed by atoms with van der Waals surface area (Å²) in [5, 5.41) is 19.4. The number of hydrogen-bond donors (Lipinski definition) is 2. The van der Waals surface area contributed by atoms with Crippen molar-refractivity contribution in [2.75, 3.05) is 19.8 Å². The molecule has 2 aromatic carbocycles. The number of rotatable bonds is 9. The van der Waals surface area contributed by atoms with Gasteiger partial charge in [-0.2, -0.15) is 0 Å². The third kappa shape index (κ3) is 5.24. The quantitative estimate of drug-likeness (QED) is 0.540. The Labute approximate surface area is 146 Å². The predicted molar refractivity (Wildman–Crippen MR) is 93.3 cm³/mol. The van der Waals surface area contributed by atoms with Gasteiger partial charge in [-0.15, -0.1) is 0 Å². The number of aliphatic hydroxyl groups excluding tert-OH is 2. The molecule has 2 N–H and O–H groups in total. The van der Waals surface area contributed by atoms with E-state index in [-0.39, 0.29) is 38.4 Å². The minimum Gasteiger partial charge on any atom is -0.461 e. The van der Waals surface area contributed by atoms with E-state index in [1.54, 1.807) is 54.6 Å². The summed E-state index contributed by atoms with van der Waals surface area (Å²) in [6.07, 6.45) is 0.365. The minimum atomic E-state index is -1.05. The van der Waals surface area contributed by atoms with Gasteiger partial charge in [0, 0.05) is 12.0 Å². The topological polar surface area (TPSA) is 83.8 Å². The number of aliphatic hydroxyl groups is 2. The highest BCUT2D eigenvalue weighted by Crippen LogP contribution is 2.25. The molecule has 0 fully saturated rings. The van der Waals surface area contributed by atoms with Crippen LogP contribution in [0.3, 0.4) is 0 Å². The molecule has 0 atom stereocenters. The average molecular weight is 342 g/mol. The molecule has 0 aliphatic carbocycles. The van der Waals surface area contributed by atoms with Crippen LogP contribution >= 0.6 is 0 Å². The number of ketones is 1. The van der Waals surface area contributed by atoms with E-state index >= 15 is 0 Å². The number of carbonyl (C=O) groups excluding carboxylic acids is 2. The third-order valence-electron chi connectivity index (χ3n) is 4.17. The van der Waals surface area contributed by atoms with Crippen LogP contribution in [0.4, 0.5) is 0 Å². The van der Waals surface area contributed by atoms with Crippen molar-refractivity contribution < 1.29 is 24.5 Å². The van der Waals surface area contributed by atoms with Gasteiger partial charge in [0.25, 0.3) is 0 Å². The van der Waals surface area contributed by atoms with E-state index < -0.39 is 11.4 Å². The fourth-order valence-electron chi connectivity index (χ4n) is 2.39. The molecule has 0 aromatic heterocycles. The Morgan fingerprint density at radius 2 is 1.36 bits per heavy atom. The molecule has 0 saturated heterocycles. The number of ether oxygens (including phenoxy) is 1. The molecule has 2 rings (SSSR count). The molecule has 0 bridgehead atoms. The summed E-state index contributed by atoms with van der Waals surface area (Å²) in [5.41, 5.74) is -0.0734. The van der Waals surface area contributed by atoms with Crippen LogP contribution in [-0.4, -0.2) is 41.8 Å². The predicted octanol–water partition coefficient (Wildman–Crippen LogP) is 2.48. The van der Waals surface area contributed by atoms with Crippen LogP contribution in [0, 0.1) is 5.41 Å². The van der Waals surface area contributed by atoms with Crippen molar-refractivity contribution in [2.24, 2.45) is 5.41 Å². The zero-order valence-electron chi connectivity index (χ0n) is 13.9. The zero-order valence-corrected chi connectivity index (χ0v) is 13.9. The molecule has 132 valence electrons. The number of carbonyl (C=O) groups is 2. The summed E-state index contributed by atoms with van der Waals surface area (Å²) in [6.45, 7) is -0.920. The smallest absolute Gasteiger partial charge is 0.338 e. The molecule has 0 aliphatic heterocycles. The first kappa shape index (κ1) is 18.8. The van der Waals surface area contributed by atoms with E-state index in [0.29, 0.717) is 11.1 Å². The van der Waals surface area contributed by atoms with E-state index in [0.717, 1.165) is 0 Å². The van der Waals surface area contributed by atoms with Crippen LogP contribution in [0.5, 0.6) is 0 Å². The monoisotopic (exact) mass is 342 g/mol. The molecule has 0 radical (unpaired) electrons. The Morgan fingerprint density at radius 1 is 0.840 bits per heavy atom. The van der Waals surface area contributed by atoms with Gasteiger partial charge < -0.3 is 14.9 Å². The standard InChI is InChI=1S/C20H22O5/c21-13-20(14-22,12-11-18(23)16-7-3-1-4-8-16)15-25-19(24)17-9-5-2-6-10-17/h1-10,21-22H,11-15H2. The highest BCUT2D eigenvalue weighted by atomic mass is 16.5. The highest BCUT2D eigenvalue weighted by Gasteiger charge is 2.31. The lowest BCUT2D eigenvalue weighted by atomic mass is 9.84. The molecule has 2 aromatic rings. The third-order valence-corrected chi connectivity index (χ3v) is 4.17. The highest BCUT2D eigenvalue weighted by molar-refractivity contribution is 5.96. The summed E-state index contributed by atoms with van der Waals surface area (Å²) < 4.78 is 5.24. The van der Waals surface area contributed by atoms with Gasteiger partial charge in [0.2, 0.25) is 0 Å². The maximum absolute atomic E-state index is 12.2. The van der Waals surface area contributed by atoms with Crippen LogP contribution < -0.4 is 0 Å². The van der Waals surface area contributed by atoms with Crippen LogP contribution in [-0.2, 0) is 4.74 Å². The van der Waals surface area contributed by atoms with Crippen molar-refractivity contribution in [1.82, 2.24) is 0 Å². The van der Waals surface area contributed by atoms with Gasteiger partial charge in [-0.05, 0) is 18.6 Å². The van der Waals surface area contributed by atoms with Crippen molar-refractivity contribution >= 4 is 11.8 Å². The second-order valence-electron chi connectivity index (χ2n) is 6.05. The van der Waals surface area contributed by atoms with Crippen molar-refractivity contribution in [3.05, 3.63) is 71.8 Å². The van der Waals surface area contributed by atoms with Gasteiger partial charge in [-0.25, -0.2) is 4.79 Å². The van der Waals surface area contributed by atoms with Gasteiger partial charge >= 0.3 is 5.97 Å². The molecule has 5 heteroatoms. The Hall–Kier alpha value is -2.50. The Balaban J connectivity index is 1.95. The van der Waals surface area contributed by atoms with E-state index in [4.69, 9.17) is 4.74 Å². The first-order valence-corrected chi connectivity index (χ1v) is 8.12. The molecule has 0 heterocycles. The first-order chi connectivity index (χ1) is 12.1. The lowest BCUT2D eigenvalue weighted by molar-refractivity contribution is -0.0202. The molecule has 0 amide bonds. The second-order valence-corrected chi connectivity index (χ2v) is 6.05. The molecular formula is C20H22O5. The second kappa shape index (κ2) is 9.11. The Bertz CT molecular complexity index is 620. The van der Waals surface area contributed by atoms with Gasteiger partial charge in [0.1, 0.15) is 6.61 Å². The van der Waals surface area contributed by atoms with Crippen molar-refractivity contribution in [3.63, 3.8) is 0 Å². The summed E-state index contributed by atoms with van der Waals surface area (Å²) in [7, 11) is 0. The van der Waals surface area contributed by atoms with Crippen molar-refractivity contribution in [3.8, 4) is 0 Å². The molecular weight excluding hydrogens is 320 g/mol. The molecule has 0 aliphatic rings.